The first-order valence-electron chi connectivity index (χ1n) is 7.56. The van der Waals surface area contributed by atoms with Crippen LogP contribution in [0.3, 0.4) is 0 Å². The second-order valence-electron chi connectivity index (χ2n) is 5.49. The number of carbonyl (C=O) groups excluding carboxylic acids is 1. The van der Waals surface area contributed by atoms with Crippen LogP contribution in [-0.4, -0.2) is 21.7 Å². The topological polar surface area (TPSA) is 59.3 Å². The molecule has 0 aliphatic carbocycles. The van der Waals surface area contributed by atoms with Crippen LogP contribution in [-0.2, 0) is 0 Å². The van der Waals surface area contributed by atoms with Crippen molar-refractivity contribution in [2.24, 2.45) is 5.10 Å². The average molecular weight is 338 g/mol. The summed E-state index contributed by atoms with van der Waals surface area (Å²) < 4.78 is 2.08. The van der Waals surface area contributed by atoms with Crippen LogP contribution in [0.1, 0.15) is 32.9 Å². The summed E-state index contributed by atoms with van der Waals surface area (Å²) in [5.74, 6) is -0.210. The Hall–Kier alpha value is -2.73. The van der Waals surface area contributed by atoms with E-state index in [-0.39, 0.29) is 5.91 Å². The molecule has 0 bridgehead atoms. The molecule has 2 aromatic heterocycles. The molecule has 24 heavy (non-hydrogen) atoms. The SMILES string of the molecule is Cc1ccccc1C(=O)N/N=C\c1cc(C)n(-c2nccs2)c1C. The Kier molecular flexibility index (Phi) is 4.57. The van der Waals surface area contributed by atoms with Crippen LogP contribution >= 0.6 is 11.3 Å². The van der Waals surface area contributed by atoms with Crippen molar-refractivity contribution in [3.63, 3.8) is 0 Å². The Morgan fingerprint density at radius 1 is 1.29 bits per heavy atom. The molecule has 6 heteroatoms. The summed E-state index contributed by atoms with van der Waals surface area (Å²) in [4.78, 5) is 16.5. The number of hydrazone groups is 1. The van der Waals surface area contributed by atoms with Crippen LogP contribution in [0.15, 0.2) is 47.0 Å². The van der Waals surface area contributed by atoms with Gasteiger partial charge in [0.1, 0.15) is 0 Å². The molecule has 5 nitrogen and oxygen atoms in total. The predicted octanol–water partition coefficient (Wildman–Crippen LogP) is 3.62. The highest BCUT2D eigenvalue weighted by atomic mass is 32.1. The maximum Gasteiger partial charge on any atom is 0.271 e. The first-order valence-corrected chi connectivity index (χ1v) is 8.43. The minimum absolute atomic E-state index is 0.210. The number of rotatable bonds is 4. The minimum atomic E-state index is -0.210. The van der Waals surface area contributed by atoms with Gasteiger partial charge in [0.15, 0.2) is 5.13 Å². The van der Waals surface area contributed by atoms with Crippen molar-refractivity contribution >= 4 is 23.5 Å². The Balaban J connectivity index is 1.77. The van der Waals surface area contributed by atoms with Crippen molar-refractivity contribution in [2.75, 3.05) is 0 Å². The molecule has 0 fully saturated rings. The molecule has 122 valence electrons. The molecule has 0 saturated heterocycles. The van der Waals surface area contributed by atoms with Gasteiger partial charge < -0.3 is 0 Å². The lowest BCUT2D eigenvalue weighted by Crippen LogP contribution is -2.18. The number of carbonyl (C=O) groups is 1. The highest BCUT2D eigenvalue weighted by molar-refractivity contribution is 7.12. The van der Waals surface area contributed by atoms with Gasteiger partial charge >= 0.3 is 0 Å². The highest BCUT2D eigenvalue weighted by Gasteiger charge is 2.11. The zero-order chi connectivity index (χ0) is 17.1. The fourth-order valence-electron chi connectivity index (χ4n) is 2.59. The maximum atomic E-state index is 12.2. The molecule has 0 aliphatic rings. The number of aryl methyl sites for hydroxylation is 2. The lowest BCUT2D eigenvalue weighted by atomic mass is 10.1. The summed E-state index contributed by atoms with van der Waals surface area (Å²) in [6.07, 6.45) is 3.46. The molecule has 1 aromatic carbocycles. The van der Waals surface area contributed by atoms with Gasteiger partial charge in [-0.3, -0.25) is 9.36 Å². The number of thiazole rings is 1. The van der Waals surface area contributed by atoms with Crippen molar-refractivity contribution in [2.45, 2.75) is 20.8 Å². The van der Waals surface area contributed by atoms with E-state index in [0.29, 0.717) is 5.56 Å². The summed E-state index contributed by atoms with van der Waals surface area (Å²) in [6, 6.07) is 9.46. The van der Waals surface area contributed by atoms with Gasteiger partial charge in [-0.1, -0.05) is 18.2 Å². The first kappa shape index (κ1) is 16.1. The van der Waals surface area contributed by atoms with Gasteiger partial charge in [-0.2, -0.15) is 5.10 Å². The summed E-state index contributed by atoms with van der Waals surface area (Å²) in [6.45, 7) is 5.94. The van der Waals surface area contributed by atoms with E-state index in [0.717, 1.165) is 27.6 Å². The van der Waals surface area contributed by atoms with E-state index in [9.17, 15) is 4.79 Å². The molecule has 1 N–H and O–H groups in total. The number of amides is 1. The third-order valence-corrected chi connectivity index (χ3v) is 4.60. The summed E-state index contributed by atoms with van der Waals surface area (Å²) in [5, 5.41) is 6.97. The molecule has 0 saturated carbocycles. The van der Waals surface area contributed by atoms with E-state index in [1.807, 2.05) is 50.4 Å². The zero-order valence-electron chi connectivity index (χ0n) is 13.8. The molecule has 3 rings (SSSR count). The Morgan fingerprint density at radius 2 is 2.08 bits per heavy atom. The van der Waals surface area contributed by atoms with Crippen molar-refractivity contribution in [1.82, 2.24) is 15.0 Å². The smallest absolute Gasteiger partial charge is 0.271 e. The van der Waals surface area contributed by atoms with Gasteiger partial charge in [-0.15, -0.1) is 11.3 Å². The van der Waals surface area contributed by atoms with Gasteiger partial charge in [0, 0.05) is 34.1 Å². The van der Waals surface area contributed by atoms with E-state index < -0.39 is 0 Å². The van der Waals surface area contributed by atoms with E-state index in [1.165, 1.54) is 0 Å². The summed E-state index contributed by atoms with van der Waals surface area (Å²) in [5.41, 5.74) is 7.21. The fraction of sp³-hybridized carbons (Fsp3) is 0.167. The third-order valence-electron chi connectivity index (χ3n) is 3.84. The molecule has 1 amide bonds. The monoisotopic (exact) mass is 338 g/mol. The van der Waals surface area contributed by atoms with E-state index >= 15 is 0 Å². The van der Waals surface area contributed by atoms with Gasteiger partial charge in [0.05, 0.1) is 6.21 Å². The largest absolute Gasteiger partial charge is 0.294 e. The molecular formula is C18H18N4OS. The predicted molar refractivity (Wildman–Crippen MR) is 97.2 cm³/mol. The molecule has 3 aromatic rings. The quantitative estimate of drug-likeness (QED) is 0.583. The second kappa shape index (κ2) is 6.80. The van der Waals surface area contributed by atoms with Crippen LogP contribution in [0.2, 0.25) is 0 Å². The van der Waals surface area contributed by atoms with E-state index in [4.69, 9.17) is 0 Å². The lowest BCUT2D eigenvalue weighted by Gasteiger charge is -2.04. The van der Waals surface area contributed by atoms with Crippen LogP contribution in [0.4, 0.5) is 0 Å². The van der Waals surface area contributed by atoms with Crippen molar-refractivity contribution in [3.8, 4) is 5.13 Å². The minimum Gasteiger partial charge on any atom is -0.294 e. The second-order valence-corrected chi connectivity index (χ2v) is 6.36. The number of benzene rings is 1. The maximum absolute atomic E-state index is 12.2. The van der Waals surface area contributed by atoms with E-state index in [2.05, 4.69) is 20.1 Å². The standard InChI is InChI=1S/C18H18N4OS/c1-12-6-4-5-7-16(12)17(23)21-20-11-15-10-13(2)22(14(15)3)18-19-8-9-24-18/h4-11H,1-3H3,(H,21,23)/b20-11-. The molecule has 0 spiro atoms. The summed E-state index contributed by atoms with van der Waals surface area (Å²) >= 11 is 1.58. The van der Waals surface area contributed by atoms with E-state index in [1.54, 1.807) is 29.8 Å². The Bertz CT molecular complexity index is 894. The Labute approximate surface area is 144 Å². The van der Waals surface area contributed by atoms with Crippen LogP contribution in [0.5, 0.6) is 0 Å². The van der Waals surface area contributed by atoms with Crippen molar-refractivity contribution < 1.29 is 4.79 Å². The van der Waals surface area contributed by atoms with Gasteiger partial charge in [-0.25, -0.2) is 10.4 Å². The summed E-state index contributed by atoms with van der Waals surface area (Å²) in [7, 11) is 0. The van der Waals surface area contributed by atoms with Crippen LogP contribution < -0.4 is 5.43 Å². The average Bonchev–Trinajstić information content (AvgIpc) is 3.16. The van der Waals surface area contributed by atoms with Crippen molar-refractivity contribution in [1.29, 1.82) is 0 Å². The third kappa shape index (κ3) is 3.14. The van der Waals surface area contributed by atoms with Crippen LogP contribution in [0.25, 0.3) is 5.13 Å². The molecule has 0 aliphatic heterocycles. The molecular weight excluding hydrogens is 320 g/mol. The fourth-order valence-corrected chi connectivity index (χ4v) is 3.34. The lowest BCUT2D eigenvalue weighted by molar-refractivity contribution is 0.0954. The number of hydrogen-bond acceptors (Lipinski definition) is 4. The number of hydrogen-bond donors (Lipinski definition) is 1. The molecule has 0 unspecified atom stereocenters. The van der Waals surface area contributed by atoms with Crippen molar-refractivity contribution in [3.05, 3.63) is 70.0 Å². The molecule has 0 radical (unpaired) electrons. The number of nitrogens with one attached hydrogen (secondary N) is 1. The van der Waals surface area contributed by atoms with Gasteiger partial charge in [-0.05, 0) is 38.5 Å². The van der Waals surface area contributed by atoms with Crippen LogP contribution in [0, 0.1) is 20.8 Å². The molecule has 2 heterocycles. The number of aromatic nitrogens is 2. The zero-order valence-corrected chi connectivity index (χ0v) is 14.6. The van der Waals surface area contributed by atoms with Gasteiger partial charge in [0.25, 0.3) is 5.91 Å². The normalized spacial score (nSPS) is 11.1. The Morgan fingerprint density at radius 3 is 2.79 bits per heavy atom. The highest BCUT2D eigenvalue weighted by Crippen LogP contribution is 2.21. The first-order chi connectivity index (χ1) is 11.6. The van der Waals surface area contributed by atoms with Gasteiger partial charge in [0.2, 0.25) is 0 Å². The molecule has 0 atom stereocenters. The number of nitrogens with zero attached hydrogens (tertiary/aromatic N) is 3.